The zero-order valence-electron chi connectivity index (χ0n) is 22.1. The van der Waals surface area contributed by atoms with Gasteiger partial charge in [0.25, 0.3) is 6.43 Å². The van der Waals surface area contributed by atoms with Crippen molar-refractivity contribution in [1.82, 2.24) is 19.5 Å². The zero-order chi connectivity index (χ0) is 30.1. The summed E-state index contributed by atoms with van der Waals surface area (Å²) in [7, 11) is -1.87. The Morgan fingerprint density at radius 3 is 2.05 bits per heavy atom. The van der Waals surface area contributed by atoms with Crippen molar-refractivity contribution in [3.05, 3.63) is 61.2 Å². The maximum atomic E-state index is 14.7. The van der Waals surface area contributed by atoms with Crippen LogP contribution in [0.25, 0.3) is 11.2 Å². The molecule has 0 bridgehead atoms. The fraction of sp³-hybridized carbons (Fsp3) is 0.320. The molecule has 1 fully saturated rings. The summed E-state index contributed by atoms with van der Waals surface area (Å²) in [5.74, 6) is 0.839. The van der Waals surface area contributed by atoms with E-state index in [4.69, 9.17) is 33.5 Å². The van der Waals surface area contributed by atoms with Crippen LogP contribution in [0.5, 0.6) is 23.0 Å². The smallest absolute Gasteiger partial charge is 0.497 e. The second kappa shape index (κ2) is 11.7. The van der Waals surface area contributed by atoms with E-state index >= 15 is 0 Å². The van der Waals surface area contributed by atoms with Crippen molar-refractivity contribution in [3.63, 3.8) is 0 Å². The van der Waals surface area contributed by atoms with Crippen molar-refractivity contribution in [3.8, 4) is 23.0 Å². The Kier molecular flexibility index (Phi) is 8.17. The lowest BCUT2D eigenvalue weighted by molar-refractivity contribution is -0.192. The van der Waals surface area contributed by atoms with E-state index in [-0.39, 0.29) is 28.5 Å². The van der Waals surface area contributed by atoms with E-state index < -0.39 is 44.9 Å². The van der Waals surface area contributed by atoms with Gasteiger partial charge in [0.05, 0.1) is 20.8 Å². The first-order chi connectivity index (χ1) is 20.1. The molecule has 4 N–H and O–H groups in total. The van der Waals surface area contributed by atoms with Gasteiger partial charge in [-0.15, -0.1) is 0 Å². The number of aromatic nitrogens is 4. The minimum Gasteiger partial charge on any atom is -0.497 e. The molecular weight excluding hydrogens is 583 g/mol. The molecule has 1 aliphatic heterocycles. The Morgan fingerprint density at radius 2 is 1.52 bits per heavy atom. The van der Waals surface area contributed by atoms with Crippen molar-refractivity contribution < 1.29 is 51.3 Å². The number of nitrogens with two attached hydrogens (primary N) is 1. The maximum absolute atomic E-state index is 14.7. The molecule has 0 saturated carbocycles. The normalized spacial score (nSPS) is 22.4. The van der Waals surface area contributed by atoms with Crippen LogP contribution in [0.3, 0.4) is 0 Å². The minimum atomic E-state index is -4.76. The number of phosphoric acid groups is 1. The number of imidazole rings is 1. The highest BCUT2D eigenvalue weighted by molar-refractivity contribution is 7.49. The van der Waals surface area contributed by atoms with E-state index in [9.17, 15) is 23.6 Å². The lowest BCUT2D eigenvalue weighted by Crippen LogP contribution is -2.52. The summed E-state index contributed by atoms with van der Waals surface area (Å²) in [5.41, 5.74) is 3.19. The van der Waals surface area contributed by atoms with E-state index in [2.05, 4.69) is 15.0 Å². The molecule has 17 heteroatoms. The first-order valence-corrected chi connectivity index (χ1v) is 13.7. The van der Waals surface area contributed by atoms with Gasteiger partial charge in [0.2, 0.25) is 0 Å². The van der Waals surface area contributed by atoms with Gasteiger partial charge in [-0.25, -0.2) is 28.3 Å². The molecule has 14 nitrogen and oxygen atoms in total. The molecule has 224 valence electrons. The largest absolute Gasteiger partial charge is 0.587 e. The number of benzene rings is 2. The molecule has 1 saturated heterocycles. The van der Waals surface area contributed by atoms with Crippen LogP contribution in [0, 0.1) is 0 Å². The Balaban J connectivity index is 1.45. The van der Waals surface area contributed by atoms with Gasteiger partial charge in [0.1, 0.15) is 53.4 Å². The second-order valence-corrected chi connectivity index (χ2v) is 10.6. The summed E-state index contributed by atoms with van der Waals surface area (Å²) < 4.78 is 76.5. The molecule has 1 aliphatic rings. The molecule has 4 atom stereocenters. The molecule has 4 aromatic rings. The Morgan fingerprint density at radius 1 is 0.976 bits per heavy atom. The minimum absolute atomic E-state index is 0.00935. The van der Waals surface area contributed by atoms with Crippen LogP contribution in [-0.2, 0) is 13.8 Å². The van der Waals surface area contributed by atoms with Gasteiger partial charge < -0.3 is 39.2 Å². The van der Waals surface area contributed by atoms with Gasteiger partial charge in [-0.2, -0.15) is 0 Å². The van der Waals surface area contributed by atoms with Crippen LogP contribution >= 0.6 is 7.82 Å². The monoisotopic (exact) mass is 609 g/mol. The molecule has 2 aromatic heterocycles. The third kappa shape index (κ3) is 5.54. The predicted octanol–water partition coefficient (Wildman–Crippen LogP) is 2.96. The number of nitrogen functional groups attached to an aromatic ring is 1. The number of fused-ring (bicyclic) bond motifs is 1. The number of rotatable bonds is 11. The van der Waals surface area contributed by atoms with Crippen LogP contribution in [0.4, 0.5) is 14.6 Å². The average molecular weight is 609 g/mol. The van der Waals surface area contributed by atoms with Gasteiger partial charge >= 0.3 is 7.82 Å². The quantitative estimate of drug-likeness (QED) is 0.211. The lowest BCUT2D eigenvalue weighted by Gasteiger charge is -2.31. The van der Waals surface area contributed by atoms with Gasteiger partial charge in [0.15, 0.2) is 23.3 Å². The van der Waals surface area contributed by atoms with Gasteiger partial charge in [-0.3, -0.25) is 9.09 Å². The van der Waals surface area contributed by atoms with Crippen LogP contribution in [0.15, 0.2) is 61.2 Å². The Hall–Kier alpha value is -4.08. The number of hydrogen-bond donors (Lipinski definition) is 3. The summed E-state index contributed by atoms with van der Waals surface area (Å²) in [6, 6.07) is 11.6. The molecule has 0 aliphatic carbocycles. The second-order valence-electron chi connectivity index (χ2n) is 9.04. The number of ether oxygens (including phenoxy) is 3. The van der Waals surface area contributed by atoms with Crippen molar-refractivity contribution in [1.29, 1.82) is 0 Å². The van der Waals surface area contributed by atoms with Crippen molar-refractivity contribution in [2.24, 2.45) is 0 Å². The topological polar surface area (TPSA) is 183 Å². The van der Waals surface area contributed by atoms with Gasteiger partial charge in [0, 0.05) is 0 Å². The van der Waals surface area contributed by atoms with E-state index in [0.717, 1.165) is 17.2 Å². The molecule has 2 aromatic carbocycles. The SMILES string of the molecule is COc1ccc(OP(=O)(OCC2(C(F)F)OC(n3cnc4ncnc(N)c43)C(O)C2O)Oc2ccc(OC)cc2)cc1. The summed E-state index contributed by atoms with van der Waals surface area (Å²) in [6.45, 7) is -1.23. The van der Waals surface area contributed by atoms with E-state index in [1.165, 1.54) is 62.8 Å². The number of hydrogen-bond acceptors (Lipinski definition) is 13. The fourth-order valence-electron chi connectivity index (χ4n) is 4.27. The fourth-order valence-corrected chi connectivity index (χ4v) is 5.53. The van der Waals surface area contributed by atoms with Crippen LogP contribution in [-0.4, -0.2) is 74.8 Å². The molecule has 4 unspecified atom stereocenters. The molecule has 5 rings (SSSR count). The van der Waals surface area contributed by atoms with Crippen molar-refractivity contribution in [2.45, 2.75) is 30.5 Å². The highest BCUT2D eigenvalue weighted by Gasteiger charge is 2.62. The van der Waals surface area contributed by atoms with E-state index in [1.54, 1.807) is 0 Å². The molecule has 0 amide bonds. The Labute approximate surface area is 237 Å². The highest BCUT2D eigenvalue weighted by Crippen LogP contribution is 2.52. The summed E-state index contributed by atoms with van der Waals surface area (Å²) in [6.07, 6.45) is -6.95. The van der Waals surface area contributed by atoms with E-state index in [1.807, 2.05) is 0 Å². The first kappa shape index (κ1) is 29.4. The standard InChI is InChI=1S/C25H26F2N5O9P/c1-36-14-3-7-16(8-4-14)40-42(35,41-17-9-5-15(37-2)6-10-17)38-11-25(24(26)27)20(34)19(33)23(39-25)32-13-31-22-18(32)21(28)29-12-30-22/h3-10,12-13,19-20,23-24,33-34H,11H2,1-2H3,(H2,28,29,30). The number of phosphoric ester groups is 1. The van der Waals surface area contributed by atoms with E-state index in [0.29, 0.717) is 11.5 Å². The number of aliphatic hydroxyl groups is 2. The third-order valence-electron chi connectivity index (χ3n) is 6.50. The number of aliphatic hydroxyl groups excluding tert-OH is 2. The van der Waals surface area contributed by atoms with Gasteiger partial charge in [-0.1, -0.05) is 0 Å². The molecule has 42 heavy (non-hydrogen) atoms. The zero-order valence-corrected chi connectivity index (χ0v) is 23.0. The number of methoxy groups -OCH3 is 2. The molecule has 0 spiro atoms. The average Bonchev–Trinajstić information content (AvgIpc) is 3.53. The molecule has 3 heterocycles. The molecule has 0 radical (unpaired) electrons. The number of nitrogens with zero attached hydrogens (tertiary/aromatic N) is 4. The number of alkyl halides is 2. The number of anilines is 1. The van der Waals surface area contributed by atoms with Crippen LogP contribution < -0.4 is 24.3 Å². The molecular formula is C25H26F2N5O9P. The maximum Gasteiger partial charge on any atom is 0.587 e. The third-order valence-corrected chi connectivity index (χ3v) is 7.81. The van der Waals surface area contributed by atoms with Gasteiger partial charge in [-0.05, 0) is 48.5 Å². The summed E-state index contributed by atoms with van der Waals surface area (Å²) in [5, 5.41) is 21.7. The lowest BCUT2D eigenvalue weighted by atomic mass is 9.96. The Bertz CT molecular complexity index is 1520. The van der Waals surface area contributed by atoms with Crippen molar-refractivity contribution >= 4 is 24.8 Å². The van der Waals surface area contributed by atoms with Crippen LogP contribution in [0.2, 0.25) is 0 Å². The van der Waals surface area contributed by atoms with Crippen LogP contribution in [0.1, 0.15) is 6.23 Å². The van der Waals surface area contributed by atoms with Crippen molar-refractivity contribution in [2.75, 3.05) is 26.6 Å². The number of halogens is 2. The summed E-state index contributed by atoms with van der Waals surface area (Å²) in [4.78, 5) is 11.8. The highest BCUT2D eigenvalue weighted by atomic mass is 31.2. The predicted molar refractivity (Wildman–Crippen MR) is 141 cm³/mol. The summed E-state index contributed by atoms with van der Waals surface area (Å²) >= 11 is 0. The first-order valence-electron chi connectivity index (χ1n) is 12.3.